The standard InChI is InChI=1S/C17H13BrF2O3/c1-22-16-6-2-11(8-15(16)20)10-23-17(21)7-3-12-9-13(18)4-5-14(12)19/h2-9H,10H2,1H3/b7-3+. The fraction of sp³-hybridized carbons (Fsp3) is 0.118. The van der Waals surface area contributed by atoms with E-state index in [0.29, 0.717) is 10.0 Å². The molecule has 2 aromatic rings. The Morgan fingerprint density at radius 3 is 2.65 bits per heavy atom. The van der Waals surface area contributed by atoms with Crippen molar-refractivity contribution < 1.29 is 23.0 Å². The fourth-order valence-corrected chi connectivity index (χ4v) is 2.18. The molecule has 0 unspecified atom stereocenters. The molecule has 0 saturated carbocycles. The van der Waals surface area contributed by atoms with Crippen molar-refractivity contribution in [1.82, 2.24) is 0 Å². The van der Waals surface area contributed by atoms with E-state index in [0.717, 1.165) is 6.08 Å². The van der Waals surface area contributed by atoms with E-state index in [4.69, 9.17) is 9.47 Å². The van der Waals surface area contributed by atoms with Crippen LogP contribution >= 0.6 is 15.9 Å². The molecule has 0 atom stereocenters. The molecule has 0 spiro atoms. The Balaban J connectivity index is 1.96. The average Bonchev–Trinajstić information content (AvgIpc) is 2.54. The number of halogens is 3. The molecular weight excluding hydrogens is 370 g/mol. The molecule has 2 aromatic carbocycles. The average molecular weight is 383 g/mol. The Bertz CT molecular complexity index is 745. The van der Waals surface area contributed by atoms with Gasteiger partial charge in [0.2, 0.25) is 0 Å². The highest BCUT2D eigenvalue weighted by molar-refractivity contribution is 9.10. The minimum Gasteiger partial charge on any atom is -0.494 e. The molecule has 0 aliphatic rings. The van der Waals surface area contributed by atoms with Crippen LogP contribution in [0.3, 0.4) is 0 Å². The number of hydrogen-bond donors (Lipinski definition) is 0. The first-order chi connectivity index (χ1) is 11.0. The van der Waals surface area contributed by atoms with Crippen LogP contribution in [0, 0.1) is 11.6 Å². The second kappa shape index (κ2) is 7.87. The van der Waals surface area contributed by atoms with Crippen molar-refractivity contribution >= 4 is 28.0 Å². The van der Waals surface area contributed by atoms with Crippen molar-refractivity contribution in [3.05, 3.63) is 69.7 Å². The van der Waals surface area contributed by atoms with Crippen LogP contribution in [0.25, 0.3) is 6.08 Å². The molecule has 0 heterocycles. The highest BCUT2D eigenvalue weighted by Gasteiger charge is 2.06. The molecule has 0 fully saturated rings. The van der Waals surface area contributed by atoms with Crippen LogP contribution in [0.2, 0.25) is 0 Å². The summed E-state index contributed by atoms with van der Waals surface area (Å²) in [5.41, 5.74) is 0.741. The summed E-state index contributed by atoms with van der Waals surface area (Å²) in [5, 5.41) is 0. The maximum atomic E-state index is 13.5. The fourth-order valence-electron chi connectivity index (χ4n) is 1.80. The summed E-state index contributed by atoms with van der Waals surface area (Å²) >= 11 is 3.22. The summed E-state index contributed by atoms with van der Waals surface area (Å²) in [5.74, 6) is -1.52. The zero-order chi connectivity index (χ0) is 16.8. The van der Waals surface area contributed by atoms with E-state index in [2.05, 4.69) is 15.9 Å². The number of benzene rings is 2. The molecule has 120 valence electrons. The van der Waals surface area contributed by atoms with E-state index in [9.17, 15) is 13.6 Å². The summed E-state index contributed by atoms with van der Waals surface area (Å²) in [4.78, 5) is 11.6. The van der Waals surface area contributed by atoms with Gasteiger partial charge in [0.05, 0.1) is 7.11 Å². The Labute approximate surface area is 140 Å². The number of carbonyl (C=O) groups excluding carboxylic acids is 1. The van der Waals surface area contributed by atoms with Gasteiger partial charge in [-0.1, -0.05) is 22.0 Å². The molecule has 0 aliphatic carbocycles. The lowest BCUT2D eigenvalue weighted by atomic mass is 10.2. The van der Waals surface area contributed by atoms with E-state index < -0.39 is 17.6 Å². The molecule has 0 radical (unpaired) electrons. The van der Waals surface area contributed by atoms with E-state index in [-0.39, 0.29) is 17.9 Å². The summed E-state index contributed by atoms with van der Waals surface area (Å²) in [6, 6.07) is 8.65. The summed E-state index contributed by atoms with van der Waals surface area (Å²) in [7, 11) is 1.37. The van der Waals surface area contributed by atoms with Crippen LogP contribution in [-0.4, -0.2) is 13.1 Å². The lowest BCUT2D eigenvalue weighted by Crippen LogP contribution is -2.01. The van der Waals surface area contributed by atoms with Crippen molar-refractivity contribution in [2.45, 2.75) is 6.61 Å². The van der Waals surface area contributed by atoms with Gasteiger partial charge < -0.3 is 9.47 Å². The number of carbonyl (C=O) groups is 1. The van der Waals surface area contributed by atoms with Gasteiger partial charge >= 0.3 is 5.97 Å². The van der Waals surface area contributed by atoms with Gasteiger partial charge in [-0.05, 0) is 42.0 Å². The van der Waals surface area contributed by atoms with Crippen molar-refractivity contribution in [1.29, 1.82) is 0 Å². The molecule has 0 N–H and O–H groups in total. The zero-order valence-corrected chi connectivity index (χ0v) is 13.8. The second-order valence-corrected chi connectivity index (χ2v) is 5.49. The summed E-state index contributed by atoms with van der Waals surface area (Å²) in [6.07, 6.45) is 2.43. The molecule has 0 amide bonds. The van der Waals surface area contributed by atoms with Gasteiger partial charge in [-0.15, -0.1) is 0 Å². The first kappa shape index (κ1) is 17.1. The van der Waals surface area contributed by atoms with Crippen LogP contribution in [0.15, 0.2) is 46.9 Å². The molecule has 0 saturated heterocycles. The van der Waals surface area contributed by atoms with Crippen molar-refractivity contribution in [3.63, 3.8) is 0 Å². The molecule has 6 heteroatoms. The van der Waals surface area contributed by atoms with Gasteiger partial charge in [-0.3, -0.25) is 0 Å². The third kappa shape index (κ3) is 4.89. The largest absolute Gasteiger partial charge is 0.494 e. The zero-order valence-electron chi connectivity index (χ0n) is 12.2. The highest BCUT2D eigenvalue weighted by Crippen LogP contribution is 2.19. The van der Waals surface area contributed by atoms with Crippen LogP contribution in [0.1, 0.15) is 11.1 Å². The molecule has 2 rings (SSSR count). The predicted octanol–water partition coefficient (Wildman–Crippen LogP) is 4.49. The monoisotopic (exact) mass is 382 g/mol. The SMILES string of the molecule is COc1ccc(COC(=O)/C=C/c2cc(Br)ccc2F)cc1F. The third-order valence-electron chi connectivity index (χ3n) is 2.95. The molecule has 23 heavy (non-hydrogen) atoms. The summed E-state index contributed by atoms with van der Waals surface area (Å²) in [6.45, 7) is -0.0922. The van der Waals surface area contributed by atoms with Gasteiger partial charge in [0.1, 0.15) is 12.4 Å². The van der Waals surface area contributed by atoms with Crippen LogP contribution in [0.5, 0.6) is 5.75 Å². The van der Waals surface area contributed by atoms with E-state index in [1.54, 1.807) is 12.1 Å². The Morgan fingerprint density at radius 2 is 1.96 bits per heavy atom. The minimum atomic E-state index is -0.652. The number of ether oxygens (including phenoxy) is 2. The van der Waals surface area contributed by atoms with E-state index in [1.807, 2.05) is 0 Å². The smallest absolute Gasteiger partial charge is 0.331 e. The maximum Gasteiger partial charge on any atom is 0.331 e. The van der Waals surface area contributed by atoms with Crippen LogP contribution in [-0.2, 0) is 16.1 Å². The maximum absolute atomic E-state index is 13.5. The van der Waals surface area contributed by atoms with Gasteiger partial charge in [-0.25, -0.2) is 13.6 Å². The van der Waals surface area contributed by atoms with Crippen molar-refractivity contribution in [2.24, 2.45) is 0 Å². The molecule has 3 nitrogen and oxygen atoms in total. The topological polar surface area (TPSA) is 35.5 Å². The van der Waals surface area contributed by atoms with E-state index >= 15 is 0 Å². The predicted molar refractivity (Wildman–Crippen MR) is 85.9 cm³/mol. The van der Waals surface area contributed by atoms with Gasteiger partial charge in [0.25, 0.3) is 0 Å². The second-order valence-electron chi connectivity index (χ2n) is 4.58. The van der Waals surface area contributed by atoms with Crippen LogP contribution < -0.4 is 4.74 Å². The lowest BCUT2D eigenvalue weighted by molar-refractivity contribution is -0.138. The quantitative estimate of drug-likeness (QED) is 0.564. The molecule has 0 aliphatic heterocycles. The number of hydrogen-bond acceptors (Lipinski definition) is 3. The lowest BCUT2D eigenvalue weighted by Gasteiger charge is -2.05. The van der Waals surface area contributed by atoms with Crippen molar-refractivity contribution in [3.8, 4) is 5.75 Å². The molecular formula is C17H13BrF2O3. The third-order valence-corrected chi connectivity index (χ3v) is 3.45. The van der Waals surface area contributed by atoms with Gasteiger partial charge in [0.15, 0.2) is 11.6 Å². The highest BCUT2D eigenvalue weighted by atomic mass is 79.9. The normalized spacial score (nSPS) is 10.8. The summed E-state index contributed by atoms with van der Waals surface area (Å²) < 4.78 is 37.5. The van der Waals surface area contributed by atoms with Gasteiger partial charge in [0, 0.05) is 16.1 Å². The van der Waals surface area contributed by atoms with Gasteiger partial charge in [-0.2, -0.15) is 0 Å². The Kier molecular flexibility index (Phi) is 5.87. The first-order valence-electron chi connectivity index (χ1n) is 6.62. The number of rotatable bonds is 5. The first-order valence-corrected chi connectivity index (χ1v) is 7.41. The minimum absolute atomic E-state index is 0.0922. The molecule has 0 aromatic heterocycles. The van der Waals surface area contributed by atoms with Crippen LogP contribution in [0.4, 0.5) is 8.78 Å². The number of methoxy groups -OCH3 is 1. The Hall–Kier alpha value is -2.21. The number of esters is 1. The van der Waals surface area contributed by atoms with Crippen molar-refractivity contribution in [2.75, 3.05) is 7.11 Å². The Morgan fingerprint density at radius 1 is 1.17 bits per heavy atom. The molecule has 0 bridgehead atoms. The van der Waals surface area contributed by atoms with E-state index in [1.165, 1.54) is 37.5 Å².